The van der Waals surface area contributed by atoms with Gasteiger partial charge in [-0.25, -0.2) is 0 Å². The molecule has 0 atom stereocenters. The van der Waals surface area contributed by atoms with Gasteiger partial charge in [0.05, 0.1) is 11.3 Å². The van der Waals surface area contributed by atoms with Crippen molar-refractivity contribution in [3.63, 3.8) is 0 Å². The van der Waals surface area contributed by atoms with Gasteiger partial charge in [-0.05, 0) is 31.9 Å². The Kier molecular flexibility index (Phi) is 4.05. The molecule has 0 radical (unpaired) electrons. The van der Waals surface area contributed by atoms with Gasteiger partial charge in [0.2, 0.25) is 0 Å². The summed E-state index contributed by atoms with van der Waals surface area (Å²) in [6.45, 7) is 5.98. The molecule has 1 aromatic heterocycles. The van der Waals surface area contributed by atoms with Crippen molar-refractivity contribution in [2.45, 2.75) is 33.6 Å². The second-order valence-electron chi connectivity index (χ2n) is 3.60. The molecule has 2 nitrogen and oxygen atoms in total. The number of nitrogens with zero attached hydrogens (tertiary/aromatic N) is 2. The monoisotopic (exact) mass is 200 g/mol. The van der Waals surface area contributed by atoms with Crippen LogP contribution in [0, 0.1) is 25.2 Å². The second-order valence-corrected chi connectivity index (χ2v) is 3.60. The molecule has 0 saturated heterocycles. The normalized spacial score (nSPS) is 10.5. The summed E-state index contributed by atoms with van der Waals surface area (Å²) >= 11 is 0. The maximum atomic E-state index is 8.89. The zero-order chi connectivity index (χ0) is 11.3. The first-order valence-electron chi connectivity index (χ1n) is 5.24. The van der Waals surface area contributed by atoms with E-state index < -0.39 is 0 Å². The van der Waals surface area contributed by atoms with Gasteiger partial charge < -0.3 is 0 Å². The number of hydrogen-bond acceptors (Lipinski definition) is 2. The first-order chi connectivity index (χ1) is 7.19. The summed E-state index contributed by atoms with van der Waals surface area (Å²) in [4.78, 5) is 4.35. The number of unbranched alkanes of at least 4 members (excludes halogenated alkanes) is 1. The lowest BCUT2D eigenvalue weighted by Crippen LogP contribution is -1.94. The summed E-state index contributed by atoms with van der Waals surface area (Å²) < 4.78 is 0. The van der Waals surface area contributed by atoms with Gasteiger partial charge in [0.25, 0.3) is 0 Å². The van der Waals surface area contributed by atoms with Crippen LogP contribution in [0.1, 0.15) is 42.3 Å². The first-order valence-corrected chi connectivity index (χ1v) is 5.24. The summed E-state index contributed by atoms with van der Waals surface area (Å²) in [7, 11) is 0. The SMILES string of the molecule is CCCC=Cc1cc(C#N)c(C)nc1C. The summed E-state index contributed by atoms with van der Waals surface area (Å²) in [5.74, 6) is 0. The Labute approximate surface area is 91.3 Å². The predicted molar refractivity (Wildman–Crippen MR) is 62.4 cm³/mol. The highest BCUT2D eigenvalue weighted by Gasteiger charge is 2.02. The van der Waals surface area contributed by atoms with Crippen LogP contribution in [0.3, 0.4) is 0 Å². The number of pyridine rings is 1. The van der Waals surface area contributed by atoms with Gasteiger partial charge in [-0.1, -0.05) is 25.5 Å². The second kappa shape index (κ2) is 5.31. The van der Waals surface area contributed by atoms with E-state index in [1.165, 1.54) is 0 Å². The Morgan fingerprint density at radius 2 is 2.13 bits per heavy atom. The van der Waals surface area contributed by atoms with Crippen LogP contribution in [0.15, 0.2) is 12.1 Å². The van der Waals surface area contributed by atoms with Crippen LogP contribution in [0.4, 0.5) is 0 Å². The van der Waals surface area contributed by atoms with E-state index in [2.05, 4.69) is 24.1 Å². The molecule has 1 rings (SSSR count). The van der Waals surface area contributed by atoms with Crippen LogP contribution in [0.25, 0.3) is 6.08 Å². The molecule has 0 saturated carbocycles. The maximum Gasteiger partial charge on any atom is 0.101 e. The van der Waals surface area contributed by atoms with Crippen LogP contribution >= 0.6 is 0 Å². The lowest BCUT2D eigenvalue weighted by molar-refractivity contribution is 0.962. The molecule has 0 spiro atoms. The smallest absolute Gasteiger partial charge is 0.101 e. The van der Waals surface area contributed by atoms with Gasteiger partial charge in [-0.15, -0.1) is 0 Å². The fourth-order valence-electron chi connectivity index (χ4n) is 1.40. The molecule has 0 aliphatic heterocycles. The standard InChI is InChI=1S/C13H16N2/c1-4-5-6-7-12-8-13(9-14)11(3)15-10(12)2/h6-8H,4-5H2,1-3H3. The average Bonchev–Trinajstić information content (AvgIpc) is 2.21. The van der Waals surface area contributed by atoms with Crippen molar-refractivity contribution in [3.8, 4) is 6.07 Å². The molecule has 15 heavy (non-hydrogen) atoms. The Morgan fingerprint density at radius 1 is 1.40 bits per heavy atom. The predicted octanol–water partition coefficient (Wildman–Crippen LogP) is 3.38. The highest BCUT2D eigenvalue weighted by molar-refractivity contribution is 5.55. The minimum atomic E-state index is 0.664. The van der Waals surface area contributed by atoms with Crippen molar-refractivity contribution in [1.29, 1.82) is 5.26 Å². The Balaban J connectivity index is 3.04. The number of hydrogen-bond donors (Lipinski definition) is 0. The third-order valence-electron chi connectivity index (χ3n) is 2.32. The van der Waals surface area contributed by atoms with E-state index in [-0.39, 0.29) is 0 Å². The van der Waals surface area contributed by atoms with Crippen molar-refractivity contribution in [1.82, 2.24) is 4.98 Å². The number of aromatic nitrogens is 1. The van der Waals surface area contributed by atoms with Gasteiger partial charge in [0.15, 0.2) is 0 Å². The van der Waals surface area contributed by atoms with Crippen LogP contribution in [0.2, 0.25) is 0 Å². The molecule has 0 fully saturated rings. The van der Waals surface area contributed by atoms with Crippen molar-refractivity contribution >= 4 is 6.08 Å². The van der Waals surface area contributed by atoms with Crippen molar-refractivity contribution in [3.05, 3.63) is 34.7 Å². The lowest BCUT2D eigenvalue weighted by Gasteiger charge is -2.03. The Bertz CT molecular complexity index is 411. The van der Waals surface area contributed by atoms with E-state index >= 15 is 0 Å². The zero-order valence-corrected chi connectivity index (χ0v) is 9.54. The Hall–Kier alpha value is -1.62. The summed E-state index contributed by atoms with van der Waals surface area (Å²) in [5.41, 5.74) is 3.50. The average molecular weight is 200 g/mol. The lowest BCUT2D eigenvalue weighted by atomic mass is 10.1. The molecule has 2 heteroatoms. The van der Waals surface area contributed by atoms with E-state index in [1.54, 1.807) is 0 Å². The van der Waals surface area contributed by atoms with Gasteiger partial charge >= 0.3 is 0 Å². The molecule has 0 amide bonds. The number of rotatable bonds is 3. The minimum absolute atomic E-state index is 0.664. The highest BCUT2D eigenvalue weighted by Crippen LogP contribution is 2.13. The third kappa shape index (κ3) is 2.92. The molecule has 0 N–H and O–H groups in total. The van der Waals surface area contributed by atoms with Gasteiger partial charge in [0.1, 0.15) is 6.07 Å². The molecular formula is C13H16N2. The van der Waals surface area contributed by atoms with E-state index in [9.17, 15) is 0 Å². The number of nitriles is 1. The molecule has 0 aromatic carbocycles. The molecule has 0 aliphatic rings. The molecule has 0 aliphatic carbocycles. The third-order valence-corrected chi connectivity index (χ3v) is 2.32. The summed E-state index contributed by atoms with van der Waals surface area (Å²) in [5, 5.41) is 8.89. The Morgan fingerprint density at radius 3 is 2.73 bits per heavy atom. The first kappa shape index (κ1) is 11.5. The van der Waals surface area contributed by atoms with Crippen molar-refractivity contribution in [2.75, 3.05) is 0 Å². The van der Waals surface area contributed by atoms with E-state index in [0.717, 1.165) is 29.8 Å². The van der Waals surface area contributed by atoms with E-state index in [1.807, 2.05) is 26.0 Å². The summed E-state index contributed by atoms with van der Waals surface area (Å²) in [6.07, 6.45) is 6.38. The van der Waals surface area contributed by atoms with Crippen molar-refractivity contribution in [2.24, 2.45) is 0 Å². The van der Waals surface area contributed by atoms with Gasteiger partial charge in [-0.2, -0.15) is 5.26 Å². The van der Waals surface area contributed by atoms with Gasteiger partial charge in [-0.3, -0.25) is 4.98 Å². The van der Waals surface area contributed by atoms with Crippen LogP contribution in [-0.2, 0) is 0 Å². The number of aryl methyl sites for hydroxylation is 2. The molecule has 0 bridgehead atoms. The summed E-state index contributed by atoms with van der Waals surface area (Å²) in [6, 6.07) is 4.06. The van der Waals surface area contributed by atoms with Crippen LogP contribution in [0.5, 0.6) is 0 Å². The van der Waals surface area contributed by atoms with E-state index in [4.69, 9.17) is 5.26 Å². The number of allylic oxidation sites excluding steroid dienone is 1. The van der Waals surface area contributed by atoms with Crippen LogP contribution in [-0.4, -0.2) is 4.98 Å². The topological polar surface area (TPSA) is 36.7 Å². The van der Waals surface area contributed by atoms with Crippen molar-refractivity contribution < 1.29 is 0 Å². The van der Waals surface area contributed by atoms with Gasteiger partial charge in [0, 0.05) is 5.69 Å². The van der Waals surface area contributed by atoms with E-state index in [0.29, 0.717) is 5.56 Å². The minimum Gasteiger partial charge on any atom is -0.256 e. The zero-order valence-electron chi connectivity index (χ0n) is 9.54. The maximum absolute atomic E-state index is 8.89. The molecule has 1 heterocycles. The highest BCUT2D eigenvalue weighted by atomic mass is 14.7. The largest absolute Gasteiger partial charge is 0.256 e. The fraction of sp³-hybridized carbons (Fsp3) is 0.385. The molecule has 1 aromatic rings. The molecular weight excluding hydrogens is 184 g/mol. The fourth-order valence-corrected chi connectivity index (χ4v) is 1.40. The van der Waals surface area contributed by atoms with Crippen LogP contribution < -0.4 is 0 Å². The molecule has 78 valence electrons. The quantitative estimate of drug-likeness (QED) is 0.750. The molecule has 0 unspecified atom stereocenters.